The van der Waals surface area contributed by atoms with Gasteiger partial charge in [-0.05, 0) is 87.5 Å². The number of hydrogen-bond acceptors (Lipinski definition) is 7. The zero-order valence-corrected chi connectivity index (χ0v) is 20.3. The molecular formula is C26H30F3N5O3. The van der Waals surface area contributed by atoms with Gasteiger partial charge in [0.1, 0.15) is 11.4 Å². The molecule has 0 spiro atoms. The molecule has 0 radical (unpaired) electrons. The van der Waals surface area contributed by atoms with Gasteiger partial charge in [0.25, 0.3) is 5.91 Å². The van der Waals surface area contributed by atoms with Gasteiger partial charge in [0, 0.05) is 24.3 Å². The van der Waals surface area contributed by atoms with Crippen LogP contribution >= 0.6 is 0 Å². The van der Waals surface area contributed by atoms with Gasteiger partial charge < -0.3 is 15.2 Å². The van der Waals surface area contributed by atoms with Gasteiger partial charge in [-0.2, -0.15) is 13.8 Å². The average Bonchev–Trinajstić information content (AvgIpc) is 2.89. The Hall–Kier alpha value is -3.18. The highest BCUT2D eigenvalue weighted by Gasteiger charge is 2.24. The van der Waals surface area contributed by atoms with Crippen molar-refractivity contribution in [3.8, 4) is 0 Å². The van der Waals surface area contributed by atoms with Crippen LogP contribution in [0.3, 0.4) is 0 Å². The van der Waals surface area contributed by atoms with Crippen molar-refractivity contribution in [2.75, 3.05) is 5.32 Å². The van der Waals surface area contributed by atoms with E-state index < -0.39 is 18.6 Å². The number of benzene rings is 1. The lowest BCUT2D eigenvalue weighted by molar-refractivity contribution is -0.170. The highest BCUT2D eigenvalue weighted by Crippen LogP contribution is 2.28. The summed E-state index contributed by atoms with van der Waals surface area (Å²) >= 11 is 0. The fraction of sp³-hybridized carbons (Fsp3) is 0.500. The van der Waals surface area contributed by atoms with Crippen LogP contribution in [0.4, 0.5) is 30.6 Å². The number of aromatic nitrogens is 2. The number of carbonyl (C=O) groups excluding carboxylic acids is 1. The molecule has 4 rings (SSSR count). The van der Waals surface area contributed by atoms with Crippen molar-refractivity contribution >= 4 is 35.8 Å². The summed E-state index contributed by atoms with van der Waals surface area (Å²) in [7, 11) is 0. The molecule has 2 fully saturated rings. The van der Waals surface area contributed by atoms with E-state index in [1.54, 1.807) is 24.6 Å². The summed E-state index contributed by atoms with van der Waals surface area (Å²) in [5.74, 6) is -0.433. The number of ether oxygens (including phenoxy) is 1. The molecule has 2 N–H and O–H groups in total. The van der Waals surface area contributed by atoms with Crippen molar-refractivity contribution in [3.63, 3.8) is 0 Å². The molecule has 198 valence electrons. The van der Waals surface area contributed by atoms with Crippen LogP contribution in [0.2, 0.25) is 0 Å². The Morgan fingerprint density at radius 3 is 2.35 bits per heavy atom. The maximum atomic E-state index is 13.2. The second-order valence-electron chi connectivity index (χ2n) is 9.43. The van der Waals surface area contributed by atoms with E-state index in [1.807, 2.05) is 0 Å². The van der Waals surface area contributed by atoms with Crippen LogP contribution in [0.15, 0.2) is 40.4 Å². The molecule has 0 bridgehead atoms. The molecule has 37 heavy (non-hydrogen) atoms. The highest BCUT2D eigenvalue weighted by atomic mass is 19.3. The van der Waals surface area contributed by atoms with E-state index in [-0.39, 0.29) is 41.1 Å². The number of amides is 1. The summed E-state index contributed by atoms with van der Waals surface area (Å²) in [5.41, 5.74) is 0.698. The number of alkyl halides is 2. The minimum atomic E-state index is -2.78. The summed E-state index contributed by atoms with van der Waals surface area (Å²) in [6.07, 6.45) is 9.01. The molecule has 0 unspecified atom stereocenters. The Labute approximate surface area is 213 Å². The van der Waals surface area contributed by atoms with Crippen LogP contribution in [-0.2, 0) is 4.74 Å². The van der Waals surface area contributed by atoms with Crippen molar-refractivity contribution in [1.29, 1.82) is 0 Å². The van der Waals surface area contributed by atoms with Crippen molar-refractivity contribution in [2.24, 2.45) is 21.8 Å². The number of nitrogens with one attached hydrogen (secondary N) is 1. The number of carbonyl (C=O) groups is 1. The minimum absolute atomic E-state index is 0.0116. The number of aliphatic hydroxyl groups is 1. The van der Waals surface area contributed by atoms with E-state index in [2.05, 4.69) is 30.0 Å². The summed E-state index contributed by atoms with van der Waals surface area (Å²) in [4.78, 5) is 30.1. The van der Waals surface area contributed by atoms with E-state index in [4.69, 9.17) is 0 Å². The Morgan fingerprint density at radius 1 is 1.03 bits per heavy atom. The molecule has 1 aromatic carbocycles. The van der Waals surface area contributed by atoms with E-state index in [9.17, 15) is 23.1 Å². The Balaban J connectivity index is 1.48. The van der Waals surface area contributed by atoms with E-state index >= 15 is 0 Å². The fourth-order valence-electron chi connectivity index (χ4n) is 4.53. The van der Waals surface area contributed by atoms with Gasteiger partial charge in [0.05, 0.1) is 12.2 Å². The van der Waals surface area contributed by atoms with E-state index in [0.717, 1.165) is 12.8 Å². The Kier molecular flexibility index (Phi) is 9.34. The Bertz CT molecular complexity index is 1100. The number of rotatable bonds is 8. The smallest absolute Gasteiger partial charge is 0.345 e. The van der Waals surface area contributed by atoms with Gasteiger partial charge in [0.2, 0.25) is 5.95 Å². The maximum absolute atomic E-state index is 13.2. The first-order valence-electron chi connectivity index (χ1n) is 12.5. The van der Waals surface area contributed by atoms with Crippen molar-refractivity contribution < 1.29 is 27.8 Å². The topological polar surface area (TPSA) is 109 Å². The van der Waals surface area contributed by atoms with Gasteiger partial charge in [-0.1, -0.05) is 0 Å². The van der Waals surface area contributed by atoms with Gasteiger partial charge in [-0.15, -0.1) is 0 Å². The van der Waals surface area contributed by atoms with Crippen LogP contribution in [0.25, 0.3) is 0 Å². The summed E-state index contributed by atoms with van der Waals surface area (Å²) in [6.45, 7) is -2.78. The zero-order valence-electron chi connectivity index (χ0n) is 20.3. The predicted molar refractivity (Wildman–Crippen MR) is 133 cm³/mol. The minimum Gasteiger partial charge on any atom is -0.393 e. The van der Waals surface area contributed by atoms with Gasteiger partial charge in [-0.25, -0.2) is 19.4 Å². The first-order valence-corrected chi connectivity index (χ1v) is 12.5. The summed E-state index contributed by atoms with van der Waals surface area (Å²) in [5, 5.41) is 12.7. The molecule has 1 amide bonds. The van der Waals surface area contributed by atoms with Crippen LogP contribution in [0, 0.1) is 17.7 Å². The first-order chi connectivity index (χ1) is 17.9. The van der Waals surface area contributed by atoms with Crippen LogP contribution in [0.5, 0.6) is 0 Å². The second-order valence-corrected chi connectivity index (χ2v) is 9.43. The Morgan fingerprint density at radius 2 is 1.68 bits per heavy atom. The first kappa shape index (κ1) is 26.9. The number of hydrogen-bond donors (Lipinski definition) is 2. The maximum Gasteiger partial charge on any atom is 0.345 e. The third-order valence-corrected chi connectivity index (χ3v) is 6.67. The lowest BCUT2D eigenvalue weighted by Gasteiger charge is -2.25. The lowest BCUT2D eigenvalue weighted by atomic mass is 9.88. The molecule has 1 heterocycles. The van der Waals surface area contributed by atoms with Gasteiger partial charge >= 0.3 is 6.61 Å². The van der Waals surface area contributed by atoms with E-state index in [1.165, 1.54) is 18.3 Å². The van der Waals surface area contributed by atoms with Gasteiger partial charge in [0.15, 0.2) is 5.82 Å². The van der Waals surface area contributed by atoms with Crippen molar-refractivity contribution in [1.82, 2.24) is 9.97 Å². The number of nitrogens with zero attached hydrogens (tertiary/aromatic N) is 4. The number of aliphatic hydroxyl groups excluding tert-OH is 1. The summed E-state index contributed by atoms with van der Waals surface area (Å²) < 4.78 is 42.6. The molecule has 2 aliphatic rings. The second kappa shape index (κ2) is 12.9. The molecular weight excluding hydrogens is 487 g/mol. The molecule has 8 nitrogen and oxygen atoms in total. The van der Waals surface area contributed by atoms with Crippen LogP contribution in [-0.4, -0.2) is 52.2 Å². The van der Waals surface area contributed by atoms with Crippen molar-refractivity contribution in [2.45, 2.75) is 70.2 Å². The van der Waals surface area contributed by atoms with Gasteiger partial charge in [-0.3, -0.25) is 4.79 Å². The number of anilines is 2. The van der Waals surface area contributed by atoms with Crippen molar-refractivity contribution in [3.05, 3.63) is 41.8 Å². The third-order valence-electron chi connectivity index (χ3n) is 6.67. The highest BCUT2D eigenvalue weighted by molar-refractivity contribution is 6.02. The molecule has 0 atom stereocenters. The zero-order chi connectivity index (χ0) is 26.2. The predicted octanol–water partition coefficient (Wildman–Crippen LogP) is 5.62. The average molecular weight is 518 g/mol. The monoisotopic (exact) mass is 517 g/mol. The molecule has 0 aliphatic heterocycles. The lowest BCUT2D eigenvalue weighted by Crippen LogP contribution is -2.24. The standard InChI is InChI=1S/C26H30F3N5O3/c27-18-5-7-19(8-6-18)33-26-32-15-22(23(34-26)30-13-16-1-9-20(35)10-2-16)24(36)31-14-17-3-11-21(12-4-17)37-25(28)29/h5-8,13-17,20-21,25,35H,1-4,9-12H2,(H,32,33,34). The number of aliphatic imine (C=N–C) groups is 2. The normalized spacial score (nSPS) is 24.7. The van der Waals surface area contributed by atoms with E-state index in [0.29, 0.717) is 44.2 Å². The fourth-order valence-corrected chi connectivity index (χ4v) is 4.53. The third kappa shape index (κ3) is 8.16. The molecule has 11 heteroatoms. The molecule has 0 saturated heterocycles. The molecule has 2 aliphatic carbocycles. The van der Waals surface area contributed by atoms with Crippen LogP contribution < -0.4 is 5.32 Å². The molecule has 2 aromatic rings. The summed E-state index contributed by atoms with van der Waals surface area (Å²) in [6, 6.07) is 5.69. The molecule has 2 saturated carbocycles. The molecule has 1 aromatic heterocycles. The number of halogens is 3. The van der Waals surface area contributed by atoms with Crippen LogP contribution in [0.1, 0.15) is 61.7 Å². The SMILES string of the molecule is O=C(N=CC1CCC(OC(F)F)CC1)c1cnc(Nc2ccc(F)cc2)nc1N=CC1CCC(O)CC1. The quantitative estimate of drug-likeness (QED) is 0.440. The largest absolute Gasteiger partial charge is 0.393 e.